The standard InChI is InChI=1S/C13H23NO2S/c15-7-3-11-2-1-6-14(9-11)12(16)8-13(10-17)4-5-13/h11,15,17H,1-10H2. The van der Waals surface area contributed by atoms with Gasteiger partial charge in [-0.2, -0.15) is 12.6 Å². The number of aliphatic hydroxyl groups is 1. The summed E-state index contributed by atoms with van der Waals surface area (Å²) >= 11 is 4.35. The molecule has 98 valence electrons. The number of aliphatic hydroxyl groups excluding tert-OH is 1. The number of carbonyl (C=O) groups excluding carboxylic acids is 1. The molecule has 0 aromatic rings. The Hall–Kier alpha value is -0.220. The summed E-state index contributed by atoms with van der Waals surface area (Å²) in [7, 11) is 0. The van der Waals surface area contributed by atoms with Crippen LogP contribution < -0.4 is 0 Å². The van der Waals surface area contributed by atoms with E-state index >= 15 is 0 Å². The van der Waals surface area contributed by atoms with Crippen LogP contribution >= 0.6 is 12.6 Å². The molecule has 0 aromatic heterocycles. The van der Waals surface area contributed by atoms with Gasteiger partial charge < -0.3 is 10.0 Å². The van der Waals surface area contributed by atoms with E-state index in [1.54, 1.807) is 0 Å². The Labute approximate surface area is 109 Å². The van der Waals surface area contributed by atoms with Crippen molar-refractivity contribution in [1.82, 2.24) is 4.90 Å². The number of piperidine rings is 1. The first-order chi connectivity index (χ1) is 8.19. The van der Waals surface area contributed by atoms with Crippen molar-refractivity contribution < 1.29 is 9.90 Å². The summed E-state index contributed by atoms with van der Waals surface area (Å²) < 4.78 is 0. The topological polar surface area (TPSA) is 40.5 Å². The van der Waals surface area contributed by atoms with Gasteiger partial charge in [0.05, 0.1) is 0 Å². The van der Waals surface area contributed by atoms with Crippen LogP contribution in [0.3, 0.4) is 0 Å². The normalized spacial score (nSPS) is 26.9. The van der Waals surface area contributed by atoms with Gasteiger partial charge in [0.2, 0.25) is 5.91 Å². The third kappa shape index (κ3) is 3.38. The molecule has 1 N–H and O–H groups in total. The molecule has 1 amide bonds. The van der Waals surface area contributed by atoms with Gasteiger partial charge in [-0.3, -0.25) is 4.79 Å². The Bertz CT molecular complexity index is 277. The highest BCUT2D eigenvalue weighted by molar-refractivity contribution is 7.80. The quantitative estimate of drug-likeness (QED) is 0.736. The Morgan fingerprint density at radius 3 is 2.82 bits per heavy atom. The molecule has 1 aliphatic carbocycles. The summed E-state index contributed by atoms with van der Waals surface area (Å²) in [5.74, 6) is 1.65. The number of hydrogen-bond acceptors (Lipinski definition) is 3. The largest absolute Gasteiger partial charge is 0.396 e. The number of carbonyl (C=O) groups is 1. The van der Waals surface area contributed by atoms with Crippen molar-refractivity contribution >= 4 is 18.5 Å². The Morgan fingerprint density at radius 2 is 2.24 bits per heavy atom. The molecule has 1 unspecified atom stereocenters. The molecule has 2 aliphatic rings. The van der Waals surface area contributed by atoms with Crippen molar-refractivity contribution in [2.75, 3.05) is 25.4 Å². The number of thiol groups is 1. The molecule has 1 saturated carbocycles. The smallest absolute Gasteiger partial charge is 0.223 e. The molecule has 4 heteroatoms. The number of hydrogen-bond donors (Lipinski definition) is 2. The minimum atomic E-state index is 0.226. The van der Waals surface area contributed by atoms with Gasteiger partial charge in [0.25, 0.3) is 0 Å². The van der Waals surface area contributed by atoms with Gasteiger partial charge in [0, 0.05) is 26.1 Å². The van der Waals surface area contributed by atoms with Crippen LogP contribution in [0, 0.1) is 11.3 Å². The Kier molecular flexibility index (Phi) is 4.36. The fourth-order valence-electron chi connectivity index (χ4n) is 2.71. The maximum atomic E-state index is 12.2. The molecule has 2 rings (SSSR count). The van der Waals surface area contributed by atoms with Gasteiger partial charge >= 0.3 is 0 Å². The molecule has 1 heterocycles. The highest BCUT2D eigenvalue weighted by Gasteiger charge is 2.44. The molecular formula is C13H23NO2S. The predicted octanol–water partition coefficient (Wildman–Crippen LogP) is 1.71. The molecule has 2 fully saturated rings. The van der Waals surface area contributed by atoms with Crippen molar-refractivity contribution in [3.05, 3.63) is 0 Å². The third-order valence-electron chi connectivity index (χ3n) is 4.23. The maximum Gasteiger partial charge on any atom is 0.223 e. The van der Waals surface area contributed by atoms with Crippen LogP contribution in [0.2, 0.25) is 0 Å². The molecule has 3 nitrogen and oxygen atoms in total. The van der Waals surface area contributed by atoms with Crippen LogP contribution in [0.1, 0.15) is 38.5 Å². The van der Waals surface area contributed by atoms with Crippen LogP contribution in [0.15, 0.2) is 0 Å². The van der Waals surface area contributed by atoms with Crippen LogP contribution in [0.4, 0.5) is 0 Å². The van der Waals surface area contributed by atoms with E-state index in [2.05, 4.69) is 12.6 Å². The van der Waals surface area contributed by atoms with Crippen molar-refractivity contribution in [3.63, 3.8) is 0 Å². The van der Waals surface area contributed by atoms with Gasteiger partial charge in [0.15, 0.2) is 0 Å². The summed E-state index contributed by atoms with van der Waals surface area (Å²) in [4.78, 5) is 14.2. The second kappa shape index (κ2) is 5.61. The zero-order valence-electron chi connectivity index (χ0n) is 10.4. The molecule has 17 heavy (non-hydrogen) atoms. The van der Waals surface area contributed by atoms with E-state index < -0.39 is 0 Å². The zero-order chi connectivity index (χ0) is 12.3. The molecule has 1 atom stereocenters. The fraction of sp³-hybridized carbons (Fsp3) is 0.923. The summed E-state index contributed by atoms with van der Waals surface area (Å²) in [6.07, 6.45) is 6.09. The lowest BCUT2D eigenvalue weighted by atomic mass is 9.94. The second-order valence-corrected chi connectivity index (χ2v) is 6.01. The van der Waals surface area contributed by atoms with Crippen molar-refractivity contribution in [3.8, 4) is 0 Å². The summed E-state index contributed by atoms with van der Waals surface area (Å²) in [6.45, 7) is 2.00. The van der Waals surface area contributed by atoms with Gasteiger partial charge in [-0.1, -0.05) is 0 Å². The van der Waals surface area contributed by atoms with Crippen LogP contribution in [0.5, 0.6) is 0 Å². The average Bonchev–Trinajstić information content (AvgIpc) is 3.10. The second-order valence-electron chi connectivity index (χ2n) is 5.70. The van der Waals surface area contributed by atoms with Crippen LogP contribution in [0.25, 0.3) is 0 Å². The van der Waals surface area contributed by atoms with Crippen LogP contribution in [-0.4, -0.2) is 41.4 Å². The van der Waals surface area contributed by atoms with E-state index in [0.717, 1.165) is 50.9 Å². The van der Waals surface area contributed by atoms with E-state index in [1.807, 2.05) is 4.90 Å². The van der Waals surface area contributed by atoms with Crippen molar-refractivity contribution in [2.24, 2.45) is 11.3 Å². The van der Waals surface area contributed by atoms with Crippen molar-refractivity contribution in [2.45, 2.75) is 38.5 Å². The van der Waals surface area contributed by atoms with E-state index in [0.29, 0.717) is 18.2 Å². The minimum absolute atomic E-state index is 0.226. The molecule has 0 bridgehead atoms. The molecule has 0 spiro atoms. The number of nitrogens with zero attached hydrogens (tertiary/aromatic N) is 1. The van der Waals surface area contributed by atoms with E-state index in [9.17, 15) is 4.79 Å². The highest BCUT2D eigenvalue weighted by Crippen LogP contribution is 2.50. The maximum absolute atomic E-state index is 12.2. The fourth-order valence-corrected chi connectivity index (χ4v) is 3.14. The van der Waals surface area contributed by atoms with E-state index in [4.69, 9.17) is 5.11 Å². The first-order valence-electron chi connectivity index (χ1n) is 6.69. The van der Waals surface area contributed by atoms with Gasteiger partial charge in [-0.25, -0.2) is 0 Å². The van der Waals surface area contributed by atoms with Crippen LogP contribution in [-0.2, 0) is 4.79 Å². The Morgan fingerprint density at radius 1 is 1.47 bits per heavy atom. The lowest BCUT2D eigenvalue weighted by Crippen LogP contribution is -2.41. The number of rotatable bonds is 5. The van der Waals surface area contributed by atoms with E-state index in [-0.39, 0.29) is 12.0 Å². The summed E-state index contributed by atoms with van der Waals surface area (Å²) in [5.41, 5.74) is 0.226. The Balaban J connectivity index is 1.82. The summed E-state index contributed by atoms with van der Waals surface area (Å²) in [6, 6.07) is 0. The molecular weight excluding hydrogens is 234 g/mol. The lowest BCUT2D eigenvalue weighted by molar-refractivity contribution is -0.134. The van der Waals surface area contributed by atoms with Gasteiger partial charge in [0.1, 0.15) is 0 Å². The van der Waals surface area contributed by atoms with Gasteiger partial charge in [-0.15, -0.1) is 0 Å². The summed E-state index contributed by atoms with van der Waals surface area (Å²) in [5, 5.41) is 8.96. The molecule has 1 aliphatic heterocycles. The first kappa shape index (κ1) is 13.2. The SMILES string of the molecule is O=C(CC1(CS)CC1)N1CCCC(CCO)C1. The lowest BCUT2D eigenvalue weighted by Gasteiger charge is -2.33. The first-order valence-corrected chi connectivity index (χ1v) is 7.32. The van der Waals surface area contributed by atoms with Gasteiger partial charge in [-0.05, 0) is 49.2 Å². The zero-order valence-corrected chi connectivity index (χ0v) is 11.3. The van der Waals surface area contributed by atoms with E-state index in [1.165, 1.54) is 0 Å². The average molecular weight is 257 g/mol. The third-order valence-corrected chi connectivity index (χ3v) is 4.90. The molecule has 0 aromatic carbocycles. The van der Waals surface area contributed by atoms with Crippen molar-refractivity contribution in [1.29, 1.82) is 0 Å². The minimum Gasteiger partial charge on any atom is -0.396 e. The highest BCUT2D eigenvalue weighted by atomic mass is 32.1. The number of amides is 1. The monoisotopic (exact) mass is 257 g/mol. The molecule has 0 radical (unpaired) electrons. The molecule has 1 saturated heterocycles. The predicted molar refractivity (Wildman–Crippen MR) is 71.1 cm³/mol. The number of likely N-dealkylation sites (tertiary alicyclic amines) is 1.